The van der Waals surface area contributed by atoms with Crippen molar-refractivity contribution in [2.45, 2.75) is 12.3 Å². The molecule has 1 rings (SSSR count). The Balaban J connectivity index is 3.18. The van der Waals surface area contributed by atoms with Crippen molar-refractivity contribution >= 4 is 27.5 Å². The van der Waals surface area contributed by atoms with Crippen LogP contribution in [0.25, 0.3) is 5.57 Å². The number of allylic oxidation sites excluding steroid dienone is 1. The normalized spacial score (nSPS) is 11.3. The van der Waals surface area contributed by atoms with Crippen molar-refractivity contribution in [3.05, 3.63) is 41.5 Å². The van der Waals surface area contributed by atoms with Crippen LogP contribution in [0.5, 0.6) is 0 Å². The first-order valence-corrected chi connectivity index (χ1v) is 5.75. The first-order valence-electron chi connectivity index (χ1n) is 4.63. The van der Waals surface area contributed by atoms with E-state index in [4.69, 9.17) is 4.74 Å². The van der Waals surface area contributed by atoms with Crippen molar-refractivity contribution in [3.8, 4) is 0 Å². The summed E-state index contributed by atoms with van der Waals surface area (Å²) in [6, 6.07) is 7.76. The van der Waals surface area contributed by atoms with Gasteiger partial charge in [0.05, 0.1) is 12.7 Å². The predicted octanol–water partition coefficient (Wildman–Crippen LogP) is 3.16. The molecule has 0 aliphatic rings. The Morgan fingerprint density at radius 2 is 2.13 bits per heavy atom. The summed E-state index contributed by atoms with van der Waals surface area (Å²) >= 11 is 3.40. The number of esters is 1. The molecule has 2 nitrogen and oxygen atoms in total. The molecule has 0 spiro atoms. The SMILES string of the molecule is CC=C(C(=O)OC)c1ccccc1CBr. The number of carbonyl (C=O) groups excluding carboxylic acids is 1. The highest BCUT2D eigenvalue weighted by Gasteiger charge is 2.13. The molecule has 0 saturated carbocycles. The first-order chi connectivity index (χ1) is 7.24. The molecule has 0 aliphatic carbocycles. The van der Waals surface area contributed by atoms with E-state index in [1.165, 1.54) is 7.11 Å². The van der Waals surface area contributed by atoms with Gasteiger partial charge in [0.15, 0.2) is 0 Å². The third-order valence-corrected chi connectivity index (χ3v) is 2.75. The number of methoxy groups -OCH3 is 1. The van der Waals surface area contributed by atoms with E-state index in [2.05, 4.69) is 15.9 Å². The lowest BCUT2D eigenvalue weighted by molar-refractivity contribution is -0.133. The number of hydrogen-bond donors (Lipinski definition) is 0. The van der Waals surface area contributed by atoms with Crippen molar-refractivity contribution in [2.24, 2.45) is 0 Å². The Labute approximate surface area is 98.1 Å². The van der Waals surface area contributed by atoms with Crippen molar-refractivity contribution in [3.63, 3.8) is 0 Å². The number of benzene rings is 1. The van der Waals surface area contributed by atoms with Crippen LogP contribution in [-0.4, -0.2) is 13.1 Å². The van der Waals surface area contributed by atoms with Gasteiger partial charge < -0.3 is 4.74 Å². The van der Waals surface area contributed by atoms with Crippen molar-refractivity contribution in [2.75, 3.05) is 7.11 Å². The molecule has 0 aliphatic heterocycles. The summed E-state index contributed by atoms with van der Waals surface area (Å²) in [6.45, 7) is 1.83. The fourth-order valence-corrected chi connectivity index (χ4v) is 1.88. The van der Waals surface area contributed by atoms with Gasteiger partial charge in [0.25, 0.3) is 0 Å². The molecule has 0 radical (unpaired) electrons. The maximum absolute atomic E-state index is 11.5. The number of ether oxygens (including phenoxy) is 1. The van der Waals surface area contributed by atoms with Crippen molar-refractivity contribution < 1.29 is 9.53 Å². The minimum absolute atomic E-state index is 0.300. The van der Waals surface area contributed by atoms with Crippen LogP contribution in [0.2, 0.25) is 0 Å². The van der Waals surface area contributed by atoms with E-state index in [0.29, 0.717) is 5.57 Å². The summed E-state index contributed by atoms with van der Waals surface area (Å²) in [5.74, 6) is -0.300. The minimum Gasteiger partial charge on any atom is -0.465 e. The fraction of sp³-hybridized carbons (Fsp3) is 0.250. The van der Waals surface area contributed by atoms with Gasteiger partial charge in [-0.15, -0.1) is 0 Å². The molecule has 0 fully saturated rings. The Bertz CT molecular complexity index is 383. The van der Waals surface area contributed by atoms with Gasteiger partial charge in [0, 0.05) is 5.33 Å². The van der Waals surface area contributed by atoms with Gasteiger partial charge in [-0.25, -0.2) is 4.79 Å². The van der Waals surface area contributed by atoms with E-state index in [0.717, 1.165) is 16.5 Å². The van der Waals surface area contributed by atoms with E-state index in [9.17, 15) is 4.79 Å². The maximum atomic E-state index is 11.5. The molecule has 0 bridgehead atoms. The van der Waals surface area contributed by atoms with E-state index in [-0.39, 0.29) is 5.97 Å². The molecule has 80 valence electrons. The van der Waals surface area contributed by atoms with Crippen LogP contribution in [0.3, 0.4) is 0 Å². The second kappa shape index (κ2) is 5.71. The number of carbonyl (C=O) groups is 1. The Hall–Kier alpha value is -1.09. The second-order valence-electron chi connectivity index (χ2n) is 2.98. The lowest BCUT2D eigenvalue weighted by Crippen LogP contribution is -2.05. The second-order valence-corrected chi connectivity index (χ2v) is 3.55. The topological polar surface area (TPSA) is 26.3 Å². The summed E-state index contributed by atoms with van der Waals surface area (Å²) in [5.41, 5.74) is 2.60. The zero-order chi connectivity index (χ0) is 11.3. The lowest BCUT2D eigenvalue weighted by Gasteiger charge is -2.09. The number of halogens is 1. The first kappa shape index (κ1) is 12.0. The summed E-state index contributed by atoms with van der Waals surface area (Å²) < 4.78 is 4.73. The van der Waals surface area contributed by atoms with E-state index >= 15 is 0 Å². The summed E-state index contributed by atoms with van der Waals surface area (Å²) in [7, 11) is 1.39. The van der Waals surface area contributed by atoms with Gasteiger partial charge >= 0.3 is 5.97 Å². The molecular formula is C12H13BrO2. The average Bonchev–Trinajstić information content (AvgIpc) is 2.30. The Morgan fingerprint density at radius 3 is 2.67 bits per heavy atom. The van der Waals surface area contributed by atoms with Gasteiger partial charge in [0.2, 0.25) is 0 Å². The van der Waals surface area contributed by atoms with Crippen LogP contribution >= 0.6 is 15.9 Å². The molecular weight excluding hydrogens is 256 g/mol. The fourth-order valence-electron chi connectivity index (χ4n) is 1.39. The van der Waals surface area contributed by atoms with Crippen molar-refractivity contribution in [1.82, 2.24) is 0 Å². The van der Waals surface area contributed by atoms with Gasteiger partial charge in [-0.1, -0.05) is 46.3 Å². The van der Waals surface area contributed by atoms with Crippen LogP contribution < -0.4 is 0 Å². The minimum atomic E-state index is -0.300. The molecule has 0 saturated heterocycles. The molecule has 15 heavy (non-hydrogen) atoms. The van der Waals surface area contributed by atoms with Crippen molar-refractivity contribution in [1.29, 1.82) is 0 Å². The highest BCUT2D eigenvalue weighted by atomic mass is 79.9. The van der Waals surface area contributed by atoms with E-state index < -0.39 is 0 Å². The molecule has 0 N–H and O–H groups in total. The van der Waals surface area contributed by atoms with Crippen LogP contribution in [0.4, 0.5) is 0 Å². The van der Waals surface area contributed by atoms with Gasteiger partial charge in [-0.05, 0) is 18.1 Å². The average molecular weight is 269 g/mol. The molecule has 0 aromatic heterocycles. The molecule has 0 heterocycles. The smallest absolute Gasteiger partial charge is 0.338 e. The number of rotatable bonds is 3. The van der Waals surface area contributed by atoms with Crippen LogP contribution in [0.15, 0.2) is 30.3 Å². The van der Waals surface area contributed by atoms with Crippen LogP contribution in [0.1, 0.15) is 18.1 Å². The third-order valence-electron chi connectivity index (χ3n) is 2.15. The largest absolute Gasteiger partial charge is 0.465 e. The quantitative estimate of drug-likeness (QED) is 0.478. The van der Waals surface area contributed by atoms with Crippen LogP contribution in [0, 0.1) is 0 Å². The van der Waals surface area contributed by atoms with Crippen LogP contribution in [-0.2, 0) is 14.9 Å². The molecule has 1 aromatic rings. The predicted molar refractivity (Wildman–Crippen MR) is 64.7 cm³/mol. The van der Waals surface area contributed by atoms with Gasteiger partial charge in [-0.2, -0.15) is 0 Å². The Morgan fingerprint density at radius 1 is 1.47 bits per heavy atom. The summed E-state index contributed by atoms with van der Waals surface area (Å²) in [5, 5.41) is 0.720. The zero-order valence-corrected chi connectivity index (χ0v) is 10.4. The molecule has 3 heteroatoms. The maximum Gasteiger partial charge on any atom is 0.338 e. The lowest BCUT2D eigenvalue weighted by atomic mass is 10.0. The van der Waals surface area contributed by atoms with E-state index in [1.807, 2.05) is 31.2 Å². The molecule has 0 amide bonds. The Kier molecular flexibility index (Phi) is 4.56. The molecule has 0 atom stereocenters. The molecule has 0 unspecified atom stereocenters. The monoisotopic (exact) mass is 268 g/mol. The number of alkyl halides is 1. The standard InChI is InChI=1S/C12H13BrO2/c1-3-10(12(14)15-2)11-7-5-4-6-9(11)8-13/h3-7H,8H2,1-2H3. The highest BCUT2D eigenvalue weighted by Crippen LogP contribution is 2.22. The van der Waals surface area contributed by atoms with E-state index in [1.54, 1.807) is 6.08 Å². The summed E-state index contributed by atoms with van der Waals surface area (Å²) in [6.07, 6.45) is 1.77. The number of hydrogen-bond acceptors (Lipinski definition) is 2. The third kappa shape index (κ3) is 2.69. The van der Waals surface area contributed by atoms with Gasteiger partial charge in [-0.3, -0.25) is 0 Å². The highest BCUT2D eigenvalue weighted by molar-refractivity contribution is 9.08. The summed E-state index contributed by atoms with van der Waals surface area (Å²) in [4.78, 5) is 11.5. The molecule has 1 aromatic carbocycles. The zero-order valence-electron chi connectivity index (χ0n) is 8.79. The van der Waals surface area contributed by atoms with Gasteiger partial charge in [0.1, 0.15) is 0 Å².